The van der Waals surface area contributed by atoms with Gasteiger partial charge in [-0.1, -0.05) is 189 Å². The summed E-state index contributed by atoms with van der Waals surface area (Å²) in [6.45, 7) is 3.72. The third-order valence-corrected chi connectivity index (χ3v) is 11.4. The van der Waals surface area contributed by atoms with E-state index in [0.717, 1.165) is 89.9 Å². The van der Waals surface area contributed by atoms with Crippen molar-refractivity contribution in [2.75, 3.05) is 26.4 Å². The van der Waals surface area contributed by atoms with E-state index in [4.69, 9.17) is 29.4 Å². The molecule has 0 amide bonds. The van der Waals surface area contributed by atoms with Crippen molar-refractivity contribution in [1.82, 2.24) is 0 Å². The van der Waals surface area contributed by atoms with Crippen molar-refractivity contribution >= 4 is 19.8 Å². The summed E-state index contributed by atoms with van der Waals surface area (Å²) in [7, 11) is -4.63. The average molecular weight is 906 g/mol. The predicted octanol–water partition coefficient (Wildman–Crippen LogP) is 14.5. The van der Waals surface area contributed by atoms with Gasteiger partial charge in [0.25, 0.3) is 0 Å². The number of aliphatic carboxylic acids is 1. The number of phosphoric ester groups is 1. The lowest BCUT2D eigenvalue weighted by atomic mass is 10.0. The van der Waals surface area contributed by atoms with Gasteiger partial charge in [-0.3, -0.25) is 18.6 Å². The Morgan fingerprint density at radius 1 is 0.524 bits per heavy atom. The number of carbonyl (C=O) groups is 2. The Kier molecular flexibility index (Phi) is 45.4. The van der Waals surface area contributed by atoms with Crippen LogP contribution in [-0.2, 0) is 32.7 Å². The molecule has 0 rings (SSSR count). The van der Waals surface area contributed by atoms with E-state index in [1.165, 1.54) is 89.9 Å². The fourth-order valence-corrected chi connectivity index (χ4v) is 7.40. The number of hydrogen-bond acceptors (Lipinski definition) is 8. The van der Waals surface area contributed by atoms with Crippen LogP contribution in [0.4, 0.5) is 0 Å². The lowest BCUT2D eigenvalue weighted by Gasteiger charge is -2.20. The Morgan fingerprint density at radius 3 is 1.38 bits per heavy atom. The quantitative estimate of drug-likeness (QED) is 0.0233. The molecule has 10 nitrogen and oxygen atoms in total. The molecule has 3 unspecified atom stereocenters. The van der Waals surface area contributed by atoms with Crippen LogP contribution in [-0.4, -0.2) is 60.5 Å². The smallest absolute Gasteiger partial charge is 0.472 e. The third-order valence-electron chi connectivity index (χ3n) is 10.5. The summed E-state index contributed by atoms with van der Waals surface area (Å²) < 4.78 is 33.5. The first-order chi connectivity index (χ1) is 30.7. The number of nitrogens with two attached hydrogens (primary N) is 1. The van der Waals surface area contributed by atoms with Crippen molar-refractivity contribution in [2.24, 2.45) is 5.73 Å². The molecule has 0 spiro atoms. The van der Waals surface area contributed by atoms with Crippen molar-refractivity contribution in [3.63, 3.8) is 0 Å². The summed E-state index contributed by atoms with van der Waals surface area (Å²) in [5.74, 6) is -1.79. The summed E-state index contributed by atoms with van der Waals surface area (Å²) >= 11 is 0. The van der Waals surface area contributed by atoms with E-state index in [0.29, 0.717) is 13.0 Å². The Labute approximate surface area is 384 Å². The molecule has 0 aromatic rings. The van der Waals surface area contributed by atoms with E-state index >= 15 is 0 Å². The van der Waals surface area contributed by atoms with Crippen LogP contribution in [0, 0.1) is 0 Å². The highest BCUT2D eigenvalue weighted by molar-refractivity contribution is 7.47. The molecule has 0 saturated carbocycles. The van der Waals surface area contributed by atoms with Gasteiger partial charge in [0.15, 0.2) is 0 Å². The minimum Gasteiger partial charge on any atom is -0.480 e. The Bertz CT molecular complexity index is 1280. The summed E-state index contributed by atoms with van der Waals surface area (Å²) in [6, 6.07) is -1.48. The van der Waals surface area contributed by atoms with Crippen LogP contribution in [0.2, 0.25) is 0 Å². The van der Waals surface area contributed by atoms with Crippen molar-refractivity contribution in [3.05, 3.63) is 72.9 Å². The molecule has 0 aliphatic rings. The van der Waals surface area contributed by atoms with Gasteiger partial charge in [-0.05, 0) is 83.5 Å². The van der Waals surface area contributed by atoms with Crippen LogP contribution in [0.5, 0.6) is 0 Å². The number of carbonyl (C=O) groups excluding carboxylic acids is 1. The highest BCUT2D eigenvalue weighted by Crippen LogP contribution is 2.43. The van der Waals surface area contributed by atoms with Gasteiger partial charge in [-0.15, -0.1) is 0 Å². The maximum absolute atomic E-state index is 12.7. The van der Waals surface area contributed by atoms with Gasteiger partial charge in [0, 0.05) is 13.0 Å². The highest BCUT2D eigenvalue weighted by atomic mass is 31.2. The van der Waals surface area contributed by atoms with Gasteiger partial charge >= 0.3 is 19.8 Å². The van der Waals surface area contributed by atoms with Gasteiger partial charge in [-0.25, -0.2) is 4.57 Å². The highest BCUT2D eigenvalue weighted by Gasteiger charge is 2.27. The molecule has 0 aromatic heterocycles. The molecule has 0 radical (unpaired) electrons. The Balaban J connectivity index is 4.19. The number of rotatable bonds is 47. The zero-order valence-corrected chi connectivity index (χ0v) is 40.8. The molecular weight excluding hydrogens is 814 g/mol. The van der Waals surface area contributed by atoms with Crippen molar-refractivity contribution in [2.45, 2.75) is 219 Å². The van der Waals surface area contributed by atoms with Crippen LogP contribution in [0.1, 0.15) is 206 Å². The molecule has 0 aliphatic carbocycles. The van der Waals surface area contributed by atoms with Crippen molar-refractivity contribution in [1.29, 1.82) is 0 Å². The first kappa shape index (κ1) is 60.4. The van der Waals surface area contributed by atoms with E-state index in [-0.39, 0.29) is 13.0 Å². The fourth-order valence-electron chi connectivity index (χ4n) is 6.63. The Morgan fingerprint density at radius 2 is 0.921 bits per heavy atom. The van der Waals surface area contributed by atoms with E-state index in [1.54, 1.807) is 0 Å². The van der Waals surface area contributed by atoms with E-state index < -0.39 is 45.1 Å². The van der Waals surface area contributed by atoms with Crippen LogP contribution in [0.15, 0.2) is 72.9 Å². The zero-order valence-electron chi connectivity index (χ0n) is 39.9. The van der Waals surface area contributed by atoms with E-state index in [9.17, 15) is 19.0 Å². The molecule has 63 heavy (non-hydrogen) atoms. The number of esters is 1. The number of ether oxygens (including phenoxy) is 2. The summed E-state index contributed by atoms with van der Waals surface area (Å²) in [4.78, 5) is 33.7. The molecule has 364 valence electrons. The monoisotopic (exact) mass is 906 g/mol. The summed E-state index contributed by atoms with van der Waals surface area (Å²) in [6.07, 6.45) is 59.6. The Hall–Kier alpha value is -2.59. The van der Waals surface area contributed by atoms with Gasteiger partial charge in [0.2, 0.25) is 0 Å². The van der Waals surface area contributed by atoms with Crippen LogP contribution < -0.4 is 5.73 Å². The molecule has 0 bridgehead atoms. The van der Waals surface area contributed by atoms with Crippen LogP contribution >= 0.6 is 7.82 Å². The SMILES string of the molecule is CC/C=C\C/C=C\C/C=C\C/C=C\CCCCCCCOCC(COP(=O)(O)OCC(N)C(=O)O)OC(=O)CCCCCCCCCCCCC/C=C\C/C=C\CCCCCCC. The summed E-state index contributed by atoms with van der Waals surface area (Å²) in [5.41, 5.74) is 5.37. The van der Waals surface area contributed by atoms with Gasteiger partial charge in [0.05, 0.1) is 19.8 Å². The lowest BCUT2D eigenvalue weighted by molar-refractivity contribution is -0.154. The molecule has 0 aromatic carbocycles. The zero-order chi connectivity index (χ0) is 46.2. The number of carboxylic acid groups (broad SMARTS) is 1. The van der Waals surface area contributed by atoms with E-state index in [2.05, 4.69) is 86.8 Å². The number of hydrogen-bond donors (Lipinski definition) is 3. The second-order valence-corrected chi connectivity index (χ2v) is 18.0. The molecule has 0 aliphatic heterocycles. The van der Waals surface area contributed by atoms with E-state index in [1.807, 2.05) is 0 Å². The third kappa shape index (κ3) is 47.2. The molecule has 0 heterocycles. The number of unbranched alkanes of at least 4 members (excludes halogenated alkanes) is 21. The number of carboxylic acids is 1. The van der Waals surface area contributed by atoms with Gasteiger partial charge in [-0.2, -0.15) is 0 Å². The first-order valence-corrected chi connectivity index (χ1v) is 26.5. The minimum atomic E-state index is -4.63. The maximum Gasteiger partial charge on any atom is 0.472 e. The van der Waals surface area contributed by atoms with Gasteiger partial charge < -0.3 is 25.2 Å². The summed E-state index contributed by atoms with van der Waals surface area (Å²) in [5, 5.41) is 8.92. The second-order valence-electron chi connectivity index (χ2n) is 16.6. The molecule has 0 saturated heterocycles. The molecule has 0 fully saturated rings. The topological polar surface area (TPSA) is 155 Å². The van der Waals surface area contributed by atoms with Crippen molar-refractivity contribution in [3.8, 4) is 0 Å². The lowest BCUT2D eigenvalue weighted by Crippen LogP contribution is -2.34. The average Bonchev–Trinajstić information content (AvgIpc) is 3.26. The van der Waals surface area contributed by atoms with Gasteiger partial charge in [0.1, 0.15) is 12.1 Å². The molecule has 3 atom stereocenters. The second kappa shape index (κ2) is 47.4. The maximum atomic E-state index is 12.7. The largest absolute Gasteiger partial charge is 0.480 e. The molecular formula is C52H92NO9P. The number of allylic oxidation sites excluding steroid dienone is 12. The van der Waals surface area contributed by atoms with Crippen LogP contribution in [0.3, 0.4) is 0 Å². The number of phosphoric acid groups is 1. The predicted molar refractivity (Wildman–Crippen MR) is 263 cm³/mol. The molecule has 11 heteroatoms. The normalized spacial score (nSPS) is 14.3. The minimum absolute atomic E-state index is 0.000472. The van der Waals surface area contributed by atoms with Crippen molar-refractivity contribution < 1.29 is 42.7 Å². The molecule has 4 N–H and O–H groups in total. The first-order valence-electron chi connectivity index (χ1n) is 25.0. The van der Waals surface area contributed by atoms with Crippen LogP contribution in [0.25, 0.3) is 0 Å². The standard InChI is InChI=1S/C52H92NO9P/c1-3-5-7-9-11-13-15-17-19-21-23-24-25-26-27-28-30-32-34-36-38-40-42-44-51(54)62-49(47-60-63(57,58)61-48-50(53)52(55)56)46-59-45-43-41-39-37-35-33-31-29-22-20-18-16-14-12-10-8-6-4-2/h6,8,12,14-15,17-18,20-21,23,29,31,49-50H,3-5,7,9-11,13,16,19,22,24-28,30,32-48,53H2,1-2H3,(H,55,56)(H,57,58)/b8-6-,14-12-,17-15-,20-18-,23-21-,31-29-. The fraction of sp³-hybridized carbons (Fsp3) is 0.731.